The summed E-state index contributed by atoms with van der Waals surface area (Å²) in [4.78, 5) is 2.41. The van der Waals surface area contributed by atoms with Gasteiger partial charge in [-0.1, -0.05) is 25.5 Å². The minimum atomic E-state index is -0.560. The van der Waals surface area contributed by atoms with Crippen molar-refractivity contribution in [1.29, 1.82) is 5.26 Å². The molecule has 0 fully saturated rings. The number of ether oxygens (including phenoxy) is 4. The molecule has 4 rings (SSSR count). The van der Waals surface area contributed by atoms with Crippen molar-refractivity contribution in [3.63, 3.8) is 0 Å². The smallest absolute Gasteiger partial charge is 0.161 e. The summed E-state index contributed by atoms with van der Waals surface area (Å²) in [7, 11) is 5.53. The molecule has 0 radical (unpaired) electrons. The maximum atomic E-state index is 10.2. The molecule has 2 aliphatic heterocycles. The zero-order chi connectivity index (χ0) is 23.4. The molecule has 0 saturated heterocycles. The Hall–Kier alpha value is -2.91. The Labute approximate surface area is 197 Å². The number of nitriles is 1. The van der Waals surface area contributed by atoms with E-state index in [1.807, 2.05) is 24.3 Å². The number of rotatable bonds is 8. The number of hydrogen-bond acceptors (Lipinski definition) is 6. The topological polar surface area (TPSA) is 64.0 Å². The summed E-state index contributed by atoms with van der Waals surface area (Å²) in [5.41, 5.74) is 2.05. The van der Waals surface area contributed by atoms with Gasteiger partial charge in [-0.05, 0) is 68.1 Å². The minimum Gasteiger partial charge on any atom is -0.493 e. The van der Waals surface area contributed by atoms with Gasteiger partial charge in [-0.2, -0.15) is 5.26 Å². The maximum Gasteiger partial charge on any atom is 0.161 e. The second-order valence-electron chi connectivity index (χ2n) is 9.13. The fourth-order valence-corrected chi connectivity index (χ4v) is 5.15. The first-order chi connectivity index (χ1) is 16.0. The predicted molar refractivity (Wildman–Crippen MR) is 127 cm³/mol. The highest BCUT2D eigenvalue weighted by molar-refractivity contribution is 5.48. The fraction of sp³-hybridized carbons (Fsp3) is 0.519. The van der Waals surface area contributed by atoms with Crippen LogP contribution in [0.2, 0.25) is 0 Å². The van der Waals surface area contributed by atoms with Crippen LogP contribution >= 0.6 is 0 Å². The number of benzene rings is 2. The second-order valence-corrected chi connectivity index (χ2v) is 9.13. The van der Waals surface area contributed by atoms with Gasteiger partial charge in [0, 0.05) is 12.6 Å². The van der Waals surface area contributed by atoms with Gasteiger partial charge in [0.05, 0.1) is 25.7 Å². The van der Waals surface area contributed by atoms with Gasteiger partial charge in [0.2, 0.25) is 0 Å². The zero-order valence-corrected chi connectivity index (χ0v) is 20.1. The molecular formula is C27H34N2O4. The summed E-state index contributed by atoms with van der Waals surface area (Å²) >= 11 is 0. The predicted octanol–water partition coefficient (Wildman–Crippen LogP) is 4.99. The van der Waals surface area contributed by atoms with Crippen LogP contribution in [-0.2, 0) is 13.0 Å². The third-order valence-corrected chi connectivity index (χ3v) is 7.34. The largest absolute Gasteiger partial charge is 0.493 e. The highest BCUT2D eigenvalue weighted by Crippen LogP contribution is 2.41. The van der Waals surface area contributed by atoms with E-state index in [1.54, 1.807) is 14.2 Å². The SMILES string of the molecule is CCC(C#N)(CCCC1Cc2cc(OC)c(OC)cc2CN1C)C1COc2ccccc2O1. The lowest BCUT2D eigenvalue weighted by Crippen LogP contribution is -2.44. The molecule has 0 N–H and O–H groups in total. The molecule has 0 aromatic heterocycles. The second kappa shape index (κ2) is 9.93. The first-order valence-electron chi connectivity index (χ1n) is 11.8. The number of fused-ring (bicyclic) bond motifs is 2. The van der Waals surface area contributed by atoms with Crippen molar-refractivity contribution in [1.82, 2.24) is 4.90 Å². The van der Waals surface area contributed by atoms with E-state index in [4.69, 9.17) is 18.9 Å². The van der Waals surface area contributed by atoms with Crippen LogP contribution in [0.15, 0.2) is 36.4 Å². The lowest BCUT2D eigenvalue weighted by molar-refractivity contribution is 0.00870. The van der Waals surface area contributed by atoms with Gasteiger partial charge < -0.3 is 18.9 Å². The van der Waals surface area contributed by atoms with Crippen LogP contribution in [0, 0.1) is 16.7 Å². The fourth-order valence-electron chi connectivity index (χ4n) is 5.15. The lowest BCUT2D eigenvalue weighted by Gasteiger charge is -2.38. The molecule has 0 saturated carbocycles. The summed E-state index contributed by atoms with van der Waals surface area (Å²) in [5, 5.41) is 10.2. The molecule has 33 heavy (non-hydrogen) atoms. The van der Waals surface area contributed by atoms with Crippen LogP contribution in [-0.4, -0.2) is 44.9 Å². The van der Waals surface area contributed by atoms with E-state index in [0.717, 1.165) is 61.6 Å². The van der Waals surface area contributed by atoms with Gasteiger partial charge in [0.25, 0.3) is 0 Å². The molecule has 0 spiro atoms. The van der Waals surface area contributed by atoms with Gasteiger partial charge in [0.15, 0.2) is 29.1 Å². The van der Waals surface area contributed by atoms with E-state index in [9.17, 15) is 5.26 Å². The highest BCUT2D eigenvalue weighted by atomic mass is 16.6. The molecule has 2 aliphatic rings. The highest BCUT2D eigenvalue weighted by Gasteiger charge is 2.42. The monoisotopic (exact) mass is 450 g/mol. The van der Waals surface area contributed by atoms with Crippen molar-refractivity contribution >= 4 is 0 Å². The maximum absolute atomic E-state index is 10.2. The van der Waals surface area contributed by atoms with Gasteiger partial charge >= 0.3 is 0 Å². The van der Waals surface area contributed by atoms with Gasteiger partial charge in [-0.3, -0.25) is 4.90 Å². The number of para-hydroxylation sites is 2. The van der Waals surface area contributed by atoms with Crippen LogP contribution in [0.1, 0.15) is 43.7 Å². The Morgan fingerprint density at radius 1 is 1.12 bits per heavy atom. The number of nitrogens with zero attached hydrogens (tertiary/aromatic N) is 2. The average molecular weight is 451 g/mol. The van der Waals surface area contributed by atoms with Gasteiger partial charge in [-0.25, -0.2) is 0 Å². The van der Waals surface area contributed by atoms with Crippen LogP contribution < -0.4 is 18.9 Å². The molecule has 2 aromatic rings. The van der Waals surface area contributed by atoms with Gasteiger partial charge in [-0.15, -0.1) is 0 Å². The van der Waals surface area contributed by atoms with E-state index in [0.29, 0.717) is 12.6 Å². The summed E-state index contributed by atoms with van der Waals surface area (Å²) in [6.07, 6.45) is 4.22. The van der Waals surface area contributed by atoms with E-state index in [-0.39, 0.29) is 6.10 Å². The summed E-state index contributed by atoms with van der Waals surface area (Å²) in [6.45, 7) is 3.38. The first kappa shape index (κ1) is 23.3. The molecule has 3 unspecified atom stereocenters. The Kier molecular flexibility index (Phi) is 6.99. The van der Waals surface area contributed by atoms with Crippen LogP contribution in [0.5, 0.6) is 23.0 Å². The van der Waals surface area contributed by atoms with Gasteiger partial charge in [0.1, 0.15) is 6.61 Å². The molecule has 0 aliphatic carbocycles. The van der Waals surface area contributed by atoms with Crippen LogP contribution in [0.4, 0.5) is 0 Å². The van der Waals surface area contributed by atoms with E-state index in [2.05, 4.69) is 37.1 Å². The summed E-state index contributed by atoms with van der Waals surface area (Å²) in [5.74, 6) is 3.05. The molecule has 0 bridgehead atoms. The Morgan fingerprint density at radius 2 is 1.82 bits per heavy atom. The summed E-state index contributed by atoms with van der Waals surface area (Å²) in [6, 6.07) is 14.9. The molecule has 2 heterocycles. The minimum absolute atomic E-state index is 0.260. The van der Waals surface area contributed by atoms with Crippen LogP contribution in [0.3, 0.4) is 0 Å². The van der Waals surface area contributed by atoms with Crippen molar-refractivity contribution in [2.24, 2.45) is 5.41 Å². The molecule has 0 amide bonds. The molecule has 3 atom stereocenters. The number of methoxy groups -OCH3 is 2. The van der Waals surface area contributed by atoms with E-state index >= 15 is 0 Å². The van der Waals surface area contributed by atoms with Crippen molar-refractivity contribution < 1.29 is 18.9 Å². The van der Waals surface area contributed by atoms with E-state index < -0.39 is 5.41 Å². The zero-order valence-electron chi connectivity index (χ0n) is 20.1. The van der Waals surface area contributed by atoms with Crippen molar-refractivity contribution in [3.05, 3.63) is 47.5 Å². The Bertz CT molecular complexity index is 1020. The van der Waals surface area contributed by atoms with Crippen LogP contribution in [0.25, 0.3) is 0 Å². The summed E-state index contributed by atoms with van der Waals surface area (Å²) < 4.78 is 23.2. The molecule has 6 heteroatoms. The normalized spacial score (nSPS) is 21.4. The Morgan fingerprint density at radius 3 is 2.48 bits per heavy atom. The van der Waals surface area contributed by atoms with Crippen molar-refractivity contribution in [2.45, 2.75) is 57.7 Å². The molecular weight excluding hydrogens is 416 g/mol. The Balaban J connectivity index is 1.42. The third kappa shape index (κ3) is 4.60. The number of hydrogen-bond donors (Lipinski definition) is 0. The van der Waals surface area contributed by atoms with Crippen molar-refractivity contribution in [2.75, 3.05) is 27.9 Å². The average Bonchev–Trinajstić information content (AvgIpc) is 2.86. The van der Waals surface area contributed by atoms with E-state index in [1.165, 1.54) is 11.1 Å². The molecule has 176 valence electrons. The third-order valence-electron chi connectivity index (χ3n) is 7.34. The first-order valence-corrected chi connectivity index (χ1v) is 11.8. The quantitative estimate of drug-likeness (QED) is 0.565. The van der Waals surface area contributed by atoms with Crippen molar-refractivity contribution in [3.8, 4) is 29.1 Å². The molecule has 2 aromatic carbocycles. The lowest BCUT2D eigenvalue weighted by atomic mass is 9.75. The molecule has 6 nitrogen and oxygen atoms in total. The standard InChI is InChI=1S/C27H34N2O4/c1-5-27(18-28,26-17-32-22-10-6-7-11-23(22)33-26)12-8-9-21-13-19-14-24(30-3)25(31-4)15-20(19)16-29(21)2/h6-7,10-11,14-15,21,26H,5,8-9,12-13,16-17H2,1-4H3. The number of likely N-dealkylation sites (N-methyl/N-ethyl adjacent to an activating group) is 1.